The molecule has 2 aromatic rings. The number of aromatic hydroxyl groups is 1. The van der Waals surface area contributed by atoms with Gasteiger partial charge in [0.15, 0.2) is 0 Å². The normalized spacial score (nSPS) is 17.7. The standard InChI is InChI=1S/C18H18FNO2/c19-16-3-1-2-14(11-16)15-8-9-20(12-15)18(22)10-13-4-6-17(21)7-5-13/h1-7,11,15,21H,8-10,12H2. The molecule has 22 heavy (non-hydrogen) atoms. The van der Waals surface area contributed by atoms with Gasteiger partial charge in [0, 0.05) is 19.0 Å². The van der Waals surface area contributed by atoms with Crippen molar-refractivity contribution in [3.05, 3.63) is 65.5 Å². The Bertz CT molecular complexity index is 669. The van der Waals surface area contributed by atoms with E-state index in [0.717, 1.165) is 17.5 Å². The first-order chi connectivity index (χ1) is 10.6. The van der Waals surface area contributed by atoms with Crippen LogP contribution >= 0.6 is 0 Å². The lowest BCUT2D eigenvalue weighted by molar-refractivity contribution is -0.129. The predicted molar refractivity (Wildman–Crippen MR) is 82.1 cm³/mol. The Kier molecular flexibility index (Phi) is 4.09. The van der Waals surface area contributed by atoms with Crippen LogP contribution in [0.5, 0.6) is 5.75 Å². The number of hydrogen-bond acceptors (Lipinski definition) is 2. The number of phenols is 1. The van der Waals surface area contributed by atoms with Gasteiger partial charge in [-0.05, 0) is 41.8 Å². The van der Waals surface area contributed by atoms with Crippen LogP contribution in [0.25, 0.3) is 0 Å². The van der Waals surface area contributed by atoms with Crippen LogP contribution in [0, 0.1) is 5.82 Å². The fourth-order valence-corrected chi connectivity index (χ4v) is 2.92. The lowest BCUT2D eigenvalue weighted by Crippen LogP contribution is -2.29. The number of rotatable bonds is 3. The lowest BCUT2D eigenvalue weighted by Gasteiger charge is -2.17. The number of halogens is 1. The first-order valence-corrected chi connectivity index (χ1v) is 7.43. The topological polar surface area (TPSA) is 40.5 Å². The van der Waals surface area contributed by atoms with Gasteiger partial charge < -0.3 is 10.0 Å². The van der Waals surface area contributed by atoms with Crippen molar-refractivity contribution < 1.29 is 14.3 Å². The van der Waals surface area contributed by atoms with Crippen molar-refractivity contribution in [1.29, 1.82) is 0 Å². The molecule has 1 aliphatic heterocycles. The number of hydrogen-bond donors (Lipinski definition) is 1. The molecule has 1 atom stereocenters. The summed E-state index contributed by atoms with van der Waals surface area (Å²) in [4.78, 5) is 14.2. The summed E-state index contributed by atoms with van der Waals surface area (Å²) in [6.45, 7) is 1.35. The summed E-state index contributed by atoms with van der Waals surface area (Å²) in [5, 5.41) is 9.26. The Morgan fingerprint density at radius 3 is 2.73 bits per heavy atom. The smallest absolute Gasteiger partial charge is 0.227 e. The molecule has 1 N–H and O–H groups in total. The minimum Gasteiger partial charge on any atom is -0.508 e. The highest BCUT2D eigenvalue weighted by atomic mass is 19.1. The van der Waals surface area contributed by atoms with E-state index in [9.17, 15) is 14.3 Å². The lowest BCUT2D eigenvalue weighted by atomic mass is 9.98. The number of likely N-dealkylation sites (tertiary alicyclic amines) is 1. The van der Waals surface area contributed by atoms with Crippen LogP contribution in [-0.4, -0.2) is 29.0 Å². The van der Waals surface area contributed by atoms with Crippen LogP contribution in [-0.2, 0) is 11.2 Å². The minimum atomic E-state index is -0.230. The second-order valence-electron chi connectivity index (χ2n) is 5.72. The van der Waals surface area contributed by atoms with Gasteiger partial charge in [0.2, 0.25) is 5.91 Å². The molecule has 0 bridgehead atoms. The Hall–Kier alpha value is -2.36. The highest BCUT2D eigenvalue weighted by Crippen LogP contribution is 2.28. The second-order valence-corrected chi connectivity index (χ2v) is 5.72. The van der Waals surface area contributed by atoms with Gasteiger partial charge in [0.1, 0.15) is 11.6 Å². The molecular weight excluding hydrogens is 281 g/mol. The average Bonchev–Trinajstić information content (AvgIpc) is 3.00. The van der Waals surface area contributed by atoms with Crippen LogP contribution < -0.4 is 0 Å². The Labute approximate surface area is 129 Å². The number of nitrogens with zero attached hydrogens (tertiary/aromatic N) is 1. The molecule has 1 amide bonds. The average molecular weight is 299 g/mol. The number of carbonyl (C=O) groups is 1. The highest BCUT2D eigenvalue weighted by Gasteiger charge is 2.27. The van der Waals surface area contributed by atoms with Crippen LogP contribution in [0.4, 0.5) is 4.39 Å². The molecule has 0 spiro atoms. The van der Waals surface area contributed by atoms with E-state index < -0.39 is 0 Å². The maximum Gasteiger partial charge on any atom is 0.227 e. The molecule has 0 saturated carbocycles. The zero-order valence-electron chi connectivity index (χ0n) is 12.2. The summed E-state index contributed by atoms with van der Waals surface area (Å²) in [5.41, 5.74) is 1.84. The molecule has 1 unspecified atom stereocenters. The fraction of sp³-hybridized carbons (Fsp3) is 0.278. The summed E-state index contributed by atoms with van der Waals surface area (Å²) in [6, 6.07) is 13.3. The molecule has 1 saturated heterocycles. The molecule has 3 rings (SSSR count). The Balaban J connectivity index is 1.62. The number of benzene rings is 2. The molecule has 0 radical (unpaired) electrons. The van der Waals surface area contributed by atoms with E-state index >= 15 is 0 Å². The van der Waals surface area contributed by atoms with Crippen molar-refractivity contribution in [1.82, 2.24) is 4.90 Å². The van der Waals surface area contributed by atoms with Gasteiger partial charge in [-0.1, -0.05) is 24.3 Å². The van der Waals surface area contributed by atoms with E-state index in [0.29, 0.717) is 19.5 Å². The fourth-order valence-electron chi connectivity index (χ4n) is 2.92. The molecule has 0 aliphatic carbocycles. The van der Waals surface area contributed by atoms with Gasteiger partial charge in [0.05, 0.1) is 6.42 Å². The third kappa shape index (κ3) is 3.27. The van der Waals surface area contributed by atoms with Gasteiger partial charge >= 0.3 is 0 Å². The summed E-state index contributed by atoms with van der Waals surface area (Å²) >= 11 is 0. The summed E-state index contributed by atoms with van der Waals surface area (Å²) in [6.07, 6.45) is 1.20. The Morgan fingerprint density at radius 2 is 2.00 bits per heavy atom. The van der Waals surface area contributed by atoms with Crippen molar-refractivity contribution in [2.24, 2.45) is 0 Å². The minimum absolute atomic E-state index is 0.0737. The van der Waals surface area contributed by atoms with E-state index in [4.69, 9.17) is 0 Å². The van der Waals surface area contributed by atoms with Crippen molar-refractivity contribution >= 4 is 5.91 Å². The van der Waals surface area contributed by atoms with Crippen LogP contribution in [0.2, 0.25) is 0 Å². The first kappa shape index (κ1) is 14.6. The number of phenolic OH excluding ortho intramolecular Hbond substituents is 1. The Morgan fingerprint density at radius 1 is 1.23 bits per heavy atom. The molecule has 3 nitrogen and oxygen atoms in total. The summed E-state index contributed by atoms with van der Waals surface area (Å²) in [5.74, 6) is 0.249. The molecule has 114 valence electrons. The van der Waals surface area contributed by atoms with Crippen LogP contribution in [0.1, 0.15) is 23.5 Å². The largest absolute Gasteiger partial charge is 0.508 e. The quantitative estimate of drug-likeness (QED) is 0.946. The number of amides is 1. The van der Waals surface area contributed by atoms with Gasteiger partial charge in [-0.25, -0.2) is 4.39 Å². The van der Waals surface area contributed by atoms with Gasteiger partial charge in [-0.2, -0.15) is 0 Å². The summed E-state index contributed by atoms with van der Waals surface area (Å²) in [7, 11) is 0. The van der Waals surface area contributed by atoms with Crippen molar-refractivity contribution in [3.8, 4) is 5.75 Å². The molecule has 4 heteroatoms. The van der Waals surface area contributed by atoms with Crippen LogP contribution in [0.3, 0.4) is 0 Å². The molecule has 1 fully saturated rings. The van der Waals surface area contributed by atoms with Crippen molar-refractivity contribution in [2.75, 3.05) is 13.1 Å². The molecule has 1 heterocycles. The van der Waals surface area contributed by atoms with Gasteiger partial charge in [0.25, 0.3) is 0 Å². The number of carbonyl (C=O) groups excluding carboxylic acids is 1. The second kappa shape index (κ2) is 6.18. The third-order valence-electron chi connectivity index (χ3n) is 4.15. The van der Waals surface area contributed by atoms with Gasteiger partial charge in [-0.15, -0.1) is 0 Å². The maximum atomic E-state index is 13.3. The molecule has 1 aliphatic rings. The third-order valence-corrected chi connectivity index (χ3v) is 4.15. The maximum absolute atomic E-state index is 13.3. The van der Waals surface area contributed by atoms with Crippen molar-refractivity contribution in [2.45, 2.75) is 18.8 Å². The summed E-state index contributed by atoms with van der Waals surface area (Å²) < 4.78 is 13.3. The SMILES string of the molecule is O=C(Cc1ccc(O)cc1)N1CCC(c2cccc(F)c2)C1. The molecule has 0 aromatic heterocycles. The highest BCUT2D eigenvalue weighted by molar-refractivity contribution is 5.79. The molecule has 2 aromatic carbocycles. The van der Waals surface area contributed by atoms with E-state index in [1.54, 1.807) is 36.4 Å². The van der Waals surface area contributed by atoms with E-state index in [2.05, 4.69) is 0 Å². The van der Waals surface area contributed by atoms with E-state index in [1.165, 1.54) is 6.07 Å². The zero-order chi connectivity index (χ0) is 15.5. The van der Waals surface area contributed by atoms with E-state index in [-0.39, 0.29) is 23.4 Å². The van der Waals surface area contributed by atoms with Crippen molar-refractivity contribution in [3.63, 3.8) is 0 Å². The van der Waals surface area contributed by atoms with Gasteiger partial charge in [-0.3, -0.25) is 4.79 Å². The first-order valence-electron chi connectivity index (χ1n) is 7.43. The van der Waals surface area contributed by atoms with E-state index in [1.807, 2.05) is 11.0 Å². The predicted octanol–water partition coefficient (Wildman–Crippen LogP) is 3.09. The van der Waals surface area contributed by atoms with Crippen LogP contribution in [0.15, 0.2) is 48.5 Å². The zero-order valence-corrected chi connectivity index (χ0v) is 12.2. The monoisotopic (exact) mass is 299 g/mol. The molecular formula is C18H18FNO2.